The van der Waals surface area contributed by atoms with Gasteiger partial charge in [0.25, 0.3) is 5.91 Å². The van der Waals surface area contributed by atoms with E-state index in [9.17, 15) is 18.0 Å². The number of anilines is 1. The zero-order valence-corrected chi connectivity index (χ0v) is 12.3. The van der Waals surface area contributed by atoms with Crippen LogP contribution in [0, 0.1) is 0 Å². The van der Waals surface area contributed by atoms with Gasteiger partial charge in [0.1, 0.15) is 0 Å². The van der Waals surface area contributed by atoms with Crippen molar-refractivity contribution in [3.8, 4) is 0 Å². The van der Waals surface area contributed by atoms with Crippen LogP contribution < -0.4 is 15.5 Å². The Morgan fingerprint density at radius 3 is 2.91 bits per heavy atom. The standard InChI is InChI=1S/C15H18F3N3O/c1-19-14(22)11-3-2-9-7-20-4-5-21-8-10(6-15(16,17)18)12(11)13(9)21/h2-3,10,20H,4-8H2,1H3,(H,19,22)/t10-/m0/s1. The van der Waals surface area contributed by atoms with Gasteiger partial charge in [-0.05, 0) is 17.2 Å². The van der Waals surface area contributed by atoms with Crippen molar-refractivity contribution in [1.29, 1.82) is 0 Å². The Morgan fingerprint density at radius 2 is 2.23 bits per heavy atom. The normalized spacial score (nSPS) is 20.5. The molecule has 3 rings (SSSR count). The van der Waals surface area contributed by atoms with Gasteiger partial charge >= 0.3 is 6.18 Å². The van der Waals surface area contributed by atoms with Gasteiger partial charge in [-0.3, -0.25) is 4.79 Å². The molecule has 0 saturated carbocycles. The van der Waals surface area contributed by atoms with E-state index in [0.717, 1.165) is 17.8 Å². The number of halogens is 3. The van der Waals surface area contributed by atoms with Crippen molar-refractivity contribution in [2.45, 2.75) is 25.1 Å². The van der Waals surface area contributed by atoms with Crippen LogP contribution in [0.25, 0.3) is 0 Å². The monoisotopic (exact) mass is 313 g/mol. The van der Waals surface area contributed by atoms with Gasteiger partial charge in [-0.15, -0.1) is 0 Å². The minimum Gasteiger partial charge on any atom is -0.369 e. The summed E-state index contributed by atoms with van der Waals surface area (Å²) in [5.41, 5.74) is 2.70. The molecule has 4 nitrogen and oxygen atoms in total. The highest BCUT2D eigenvalue weighted by atomic mass is 19.4. The molecule has 0 unspecified atom stereocenters. The van der Waals surface area contributed by atoms with Crippen LogP contribution in [0.5, 0.6) is 0 Å². The van der Waals surface area contributed by atoms with E-state index in [1.165, 1.54) is 7.05 Å². The van der Waals surface area contributed by atoms with Crippen LogP contribution >= 0.6 is 0 Å². The molecule has 0 spiro atoms. The fourth-order valence-electron chi connectivity index (χ4n) is 3.45. The number of alkyl halides is 3. The predicted molar refractivity (Wildman–Crippen MR) is 77.2 cm³/mol. The first kappa shape index (κ1) is 15.1. The molecule has 7 heteroatoms. The van der Waals surface area contributed by atoms with Crippen molar-refractivity contribution in [2.75, 3.05) is 31.6 Å². The maximum atomic E-state index is 12.9. The van der Waals surface area contributed by atoms with Gasteiger partial charge in [0.15, 0.2) is 0 Å². The quantitative estimate of drug-likeness (QED) is 0.878. The van der Waals surface area contributed by atoms with Gasteiger partial charge < -0.3 is 15.5 Å². The molecule has 2 aliphatic heterocycles. The summed E-state index contributed by atoms with van der Waals surface area (Å²) in [6.45, 7) is 2.32. The van der Waals surface area contributed by atoms with E-state index in [4.69, 9.17) is 0 Å². The Kier molecular flexibility index (Phi) is 3.76. The van der Waals surface area contributed by atoms with Crippen LogP contribution in [0.3, 0.4) is 0 Å². The van der Waals surface area contributed by atoms with E-state index in [1.807, 2.05) is 11.0 Å². The lowest BCUT2D eigenvalue weighted by Crippen LogP contribution is -2.29. The number of hydrogen-bond acceptors (Lipinski definition) is 3. The highest BCUT2D eigenvalue weighted by molar-refractivity contribution is 5.98. The minimum absolute atomic E-state index is 0.317. The van der Waals surface area contributed by atoms with Crippen LogP contribution in [0.4, 0.5) is 18.9 Å². The summed E-state index contributed by atoms with van der Waals surface area (Å²) in [5.74, 6) is -1.01. The van der Waals surface area contributed by atoms with Crippen molar-refractivity contribution in [2.24, 2.45) is 0 Å². The second-order valence-electron chi connectivity index (χ2n) is 5.75. The molecule has 0 aromatic heterocycles. The van der Waals surface area contributed by atoms with Crippen molar-refractivity contribution in [3.63, 3.8) is 0 Å². The summed E-state index contributed by atoms with van der Waals surface area (Å²) in [7, 11) is 1.49. The Hall–Kier alpha value is -1.76. The van der Waals surface area contributed by atoms with Gasteiger partial charge in [0.2, 0.25) is 0 Å². The Labute approximate surface area is 126 Å². The third-order valence-corrected chi connectivity index (χ3v) is 4.29. The summed E-state index contributed by atoms with van der Waals surface area (Å²) in [5, 5.41) is 5.78. The maximum Gasteiger partial charge on any atom is 0.389 e. The lowest BCUT2D eigenvalue weighted by molar-refractivity contribution is -0.138. The molecule has 0 bridgehead atoms. The van der Waals surface area contributed by atoms with Crippen molar-refractivity contribution in [1.82, 2.24) is 10.6 Å². The molecule has 2 N–H and O–H groups in total. The van der Waals surface area contributed by atoms with Crippen LogP contribution in [0.2, 0.25) is 0 Å². The largest absolute Gasteiger partial charge is 0.389 e. The topological polar surface area (TPSA) is 44.4 Å². The van der Waals surface area contributed by atoms with Crippen molar-refractivity contribution >= 4 is 11.6 Å². The van der Waals surface area contributed by atoms with Gasteiger partial charge in [-0.2, -0.15) is 13.2 Å². The summed E-state index contributed by atoms with van der Waals surface area (Å²) in [6.07, 6.45) is -5.13. The SMILES string of the molecule is CNC(=O)c1ccc2c3c1[C@@H](CC(F)(F)F)CN3CCNC2. The Morgan fingerprint density at radius 1 is 1.45 bits per heavy atom. The van der Waals surface area contributed by atoms with E-state index in [1.54, 1.807) is 6.07 Å². The van der Waals surface area contributed by atoms with Crippen molar-refractivity contribution < 1.29 is 18.0 Å². The van der Waals surface area contributed by atoms with E-state index < -0.39 is 18.5 Å². The van der Waals surface area contributed by atoms with Crippen LogP contribution in [-0.4, -0.2) is 38.8 Å². The third-order valence-electron chi connectivity index (χ3n) is 4.29. The van der Waals surface area contributed by atoms with Crippen LogP contribution in [0.15, 0.2) is 12.1 Å². The van der Waals surface area contributed by atoms with Gasteiger partial charge in [0.05, 0.1) is 6.42 Å². The first-order valence-corrected chi connectivity index (χ1v) is 7.31. The van der Waals surface area contributed by atoms with Crippen LogP contribution in [0.1, 0.15) is 33.8 Å². The van der Waals surface area contributed by atoms with E-state index in [2.05, 4.69) is 10.6 Å². The molecule has 1 atom stereocenters. The summed E-state index contributed by atoms with van der Waals surface area (Å²) in [4.78, 5) is 14.0. The molecule has 22 heavy (non-hydrogen) atoms. The predicted octanol–water partition coefficient (Wildman–Crippen LogP) is 2.01. The molecule has 2 aliphatic rings. The summed E-state index contributed by atoms with van der Waals surface area (Å²) in [6, 6.07) is 3.48. The van der Waals surface area contributed by atoms with E-state index in [-0.39, 0.29) is 5.91 Å². The minimum atomic E-state index is -4.24. The molecule has 0 fully saturated rings. The number of nitrogens with zero attached hydrogens (tertiary/aromatic N) is 1. The third kappa shape index (κ3) is 2.65. The Balaban J connectivity index is 2.11. The zero-order valence-electron chi connectivity index (χ0n) is 12.3. The number of nitrogens with one attached hydrogen (secondary N) is 2. The van der Waals surface area contributed by atoms with Crippen molar-refractivity contribution in [3.05, 3.63) is 28.8 Å². The summed E-state index contributed by atoms with van der Waals surface area (Å²) < 4.78 is 38.7. The number of carbonyl (C=O) groups is 1. The average Bonchev–Trinajstić information content (AvgIpc) is 2.66. The summed E-state index contributed by atoms with van der Waals surface area (Å²) >= 11 is 0. The Bertz CT molecular complexity index is 600. The van der Waals surface area contributed by atoms with Gasteiger partial charge in [0, 0.05) is 50.4 Å². The molecular weight excluding hydrogens is 295 g/mol. The molecule has 2 heterocycles. The number of amides is 1. The first-order valence-electron chi connectivity index (χ1n) is 7.31. The molecule has 0 radical (unpaired) electrons. The second-order valence-corrected chi connectivity index (χ2v) is 5.75. The smallest absolute Gasteiger partial charge is 0.369 e. The number of benzene rings is 1. The number of carbonyl (C=O) groups excluding carboxylic acids is 1. The molecule has 1 aromatic rings. The molecule has 120 valence electrons. The van der Waals surface area contributed by atoms with Gasteiger partial charge in [-0.1, -0.05) is 6.07 Å². The molecular formula is C15H18F3N3O. The average molecular weight is 313 g/mol. The fourth-order valence-corrected chi connectivity index (χ4v) is 3.45. The van der Waals surface area contributed by atoms with E-state index in [0.29, 0.717) is 30.8 Å². The molecule has 1 aromatic carbocycles. The molecule has 0 aliphatic carbocycles. The maximum absolute atomic E-state index is 12.9. The highest BCUT2D eigenvalue weighted by Gasteiger charge is 2.41. The van der Waals surface area contributed by atoms with Crippen LogP contribution in [-0.2, 0) is 6.54 Å². The number of rotatable bonds is 2. The number of hydrogen-bond donors (Lipinski definition) is 2. The van der Waals surface area contributed by atoms with Gasteiger partial charge in [-0.25, -0.2) is 0 Å². The zero-order chi connectivity index (χ0) is 15.9. The molecule has 0 saturated heterocycles. The lowest BCUT2D eigenvalue weighted by Gasteiger charge is -2.19. The van der Waals surface area contributed by atoms with E-state index >= 15 is 0 Å². The lowest BCUT2D eigenvalue weighted by atomic mass is 9.90. The fraction of sp³-hybridized carbons (Fsp3) is 0.533. The molecule has 1 amide bonds. The second kappa shape index (κ2) is 5.46. The highest BCUT2D eigenvalue weighted by Crippen LogP contribution is 2.46. The first-order chi connectivity index (χ1) is 10.4.